The van der Waals surface area contributed by atoms with Gasteiger partial charge in [-0.05, 0) is 49.6 Å². The standard InChI is InChI=1S/C22H30N2O4S/c1-4-24(20-11-6-5-7-12-20)29(26,27)21-13-8-10-19(16-21)22(25)23-14-9-15-28-17-18(2)3/h5-8,10-13,16,18H,4,9,14-15,17H2,1-3H3,(H,23,25). The number of rotatable bonds is 11. The number of ether oxygens (including phenoxy) is 1. The molecule has 2 aromatic rings. The summed E-state index contributed by atoms with van der Waals surface area (Å²) < 4.78 is 33.0. The van der Waals surface area contributed by atoms with E-state index in [1.165, 1.54) is 16.4 Å². The van der Waals surface area contributed by atoms with Crippen molar-refractivity contribution in [1.82, 2.24) is 5.32 Å². The number of anilines is 1. The number of carbonyl (C=O) groups is 1. The Morgan fingerprint density at radius 1 is 1.10 bits per heavy atom. The summed E-state index contributed by atoms with van der Waals surface area (Å²) in [5, 5.41) is 2.81. The van der Waals surface area contributed by atoms with Crippen molar-refractivity contribution in [3.05, 3.63) is 60.2 Å². The number of amides is 1. The van der Waals surface area contributed by atoms with Crippen LogP contribution in [0.15, 0.2) is 59.5 Å². The molecule has 0 atom stereocenters. The molecule has 0 aliphatic heterocycles. The van der Waals surface area contributed by atoms with Gasteiger partial charge in [0.25, 0.3) is 15.9 Å². The first-order chi connectivity index (χ1) is 13.9. The highest BCUT2D eigenvalue weighted by atomic mass is 32.2. The lowest BCUT2D eigenvalue weighted by Gasteiger charge is -2.23. The van der Waals surface area contributed by atoms with E-state index < -0.39 is 10.0 Å². The molecule has 0 fully saturated rings. The number of carbonyl (C=O) groups excluding carboxylic acids is 1. The van der Waals surface area contributed by atoms with Crippen LogP contribution in [0.3, 0.4) is 0 Å². The molecular formula is C22H30N2O4S. The normalized spacial score (nSPS) is 11.4. The number of hydrogen-bond acceptors (Lipinski definition) is 4. The molecule has 1 amide bonds. The van der Waals surface area contributed by atoms with Crippen LogP contribution in [0.2, 0.25) is 0 Å². The Hall–Kier alpha value is -2.38. The summed E-state index contributed by atoms with van der Waals surface area (Å²) in [5.41, 5.74) is 0.907. The molecule has 0 saturated heterocycles. The lowest BCUT2D eigenvalue weighted by Crippen LogP contribution is -2.31. The topological polar surface area (TPSA) is 75.7 Å². The van der Waals surface area contributed by atoms with Crippen LogP contribution in [0.25, 0.3) is 0 Å². The van der Waals surface area contributed by atoms with Crippen LogP contribution in [0.5, 0.6) is 0 Å². The van der Waals surface area contributed by atoms with Crippen LogP contribution < -0.4 is 9.62 Å². The van der Waals surface area contributed by atoms with Crippen LogP contribution in [-0.2, 0) is 14.8 Å². The molecule has 7 heteroatoms. The van der Waals surface area contributed by atoms with Gasteiger partial charge in [-0.1, -0.05) is 38.1 Å². The highest BCUT2D eigenvalue weighted by Crippen LogP contribution is 2.23. The quantitative estimate of drug-likeness (QED) is 0.565. The SMILES string of the molecule is CCN(c1ccccc1)S(=O)(=O)c1cccc(C(=O)NCCCOCC(C)C)c1. The van der Waals surface area contributed by atoms with Crippen LogP contribution in [-0.4, -0.2) is 40.6 Å². The van der Waals surface area contributed by atoms with Gasteiger partial charge in [0.05, 0.1) is 10.6 Å². The molecule has 0 saturated carbocycles. The van der Waals surface area contributed by atoms with Gasteiger partial charge in [-0.2, -0.15) is 0 Å². The molecule has 6 nitrogen and oxygen atoms in total. The van der Waals surface area contributed by atoms with Gasteiger partial charge >= 0.3 is 0 Å². The summed E-state index contributed by atoms with van der Waals surface area (Å²) in [5.74, 6) is 0.182. The van der Waals surface area contributed by atoms with Gasteiger partial charge in [0.2, 0.25) is 0 Å². The molecule has 0 unspecified atom stereocenters. The molecule has 0 heterocycles. The Labute approximate surface area is 173 Å². The summed E-state index contributed by atoms with van der Waals surface area (Å²) in [7, 11) is -3.77. The first kappa shape index (κ1) is 22.9. The van der Waals surface area contributed by atoms with Crippen LogP contribution in [0, 0.1) is 5.92 Å². The van der Waals surface area contributed by atoms with Crippen molar-refractivity contribution in [2.75, 3.05) is 30.6 Å². The minimum atomic E-state index is -3.77. The van der Waals surface area contributed by atoms with E-state index in [2.05, 4.69) is 19.2 Å². The Morgan fingerprint density at radius 3 is 2.48 bits per heavy atom. The van der Waals surface area contributed by atoms with E-state index in [1.54, 1.807) is 43.3 Å². The molecule has 0 spiro atoms. The third kappa shape index (κ3) is 6.58. The maximum Gasteiger partial charge on any atom is 0.264 e. The fraction of sp³-hybridized carbons (Fsp3) is 0.409. The maximum atomic E-state index is 13.1. The molecular weight excluding hydrogens is 388 g/mol. The zero-order valence-electron chi connectivity index (χ0n) is 17.3. The van der Waals surface area contributed by atoms with Gasteiger partial charge in [0.15, 0.2) is 0 Å². The molecule has 29 heavy (non-hydrogen) atoms. The van der Waals surface area contributed by atoms with E-state index in [0.717, 1.165) is 0 Å². The minimum Gasteiger partial charge on any atom is -0.381 e. The van der Waals surface area contributed by atoms with E-state index in [1.807, 2.05) is 6.07 Å². The van der Waals surface area contributed by atoms with Gasteiger partial charge in [-0.25, -0.2) is 8.42 Å². The lowest BCUT2D eigenvalue weighted by molar-refractivity contribution is 0.0924. The van der Waals surface area contributed by atoms with Gasteiger partial charge in [0, 0.05) is 31.9 Å². The second-order valence-corrected chi connectivity index (χ2v) is 8.97. The van der Waals surface area contributed by atoms with E-state index in [4.69, 9.17) is 4.74 Å². The van der Waals surface area contributed by atoms with Crippen molar-refractivity contribution in [1.29, 1.82) is 0 Å². The van der Waals surface area contributed by atoms with Crippen molar-refractivity contribution in [3.8, 4) is 0 Å². The number of para-hydroxylation sites is 1. The lowest BCUT2D eigenvalue weighted by atomic mass is 10.2. The molecule has 158 valence electrons. The maximum absolute atomic E-state index is 13.1. The molecule has 0 radical (unpaired) electrons. The zero-order chi connectivity index (χ0) is 21.3. The molecule has 0 aliphatic rings. The highest BCUT2D eigenvalue weighted by Gasteiger charge is 2.24. The van der Waals surface area contributed by atoms with Crippen molar-refractivity contribution in [3.63, 3.8) is 0 Å². The summed E-state index contributed by atoms with van der Waals surface area (Å²) in [6, 6.07) is 15.1. The molecule has 1 N–H and O–H groups in total. The predicted octanol–water partition coefficient (Wildman–Crippen LogP) is 3.69. The smallest absolute Gasteiger partial charge is 0.264 e. The van der Waals surface area contributed by atoms with E-state index in [0.29, 0.717) is 49.9 Å². The summed E-state index contributed by atoms with van der Waals surface area (Å²) in [4.78, 5) is 12.5. The van der Waals surface area contributed by atoms with Crippen LogP contribution >= 0.6 is 0 Å². The molecule has 0 aromatic heterocycles. The Morgan fingerprint density at radius 2 is 1.83 bits per heavy atom. The third-order valence-corrected chi connectivity index (χ3v) is 6.12. The predicted molar refractivity (Wildman–Crippen MR) is 116 cm³/mol. The number of nitrogens with one attached hydrogen (secondary N) is 1. The highest BCUT2D eigenvalue weighted by molar-refractivity contribution is 7.92. The first-order valence-corrected chi connectivity index (χ1v) is 11.3. The average molecular weight is 419 g/mol. The second-order valence-electron chi connectivity index (χ2n) is 7.11. The molecule has 0 bridgehead atoms. The Balaban J connectivity index is 2.05. The summed E-state index contributed by atoms with van der Waals surface area (Å²) >= 11 is 0. The van der Waals surface area contributed by atoms with Gasteiger partial charge < -0.3 is 10.1 Å². The second kappa shape index (κ2) is 11.0. The number of benzene rings is 2. The number of nitrogens with zero attached hydrogens (tertiary/aromatic N) is 1. The Kier molecular flexibility index (Phi) is 8.67. The van der Waals surface area contributed by atoms with Crippen molar-refractivity contribution < 1.29 is 17.9 Å². The minimum absolute atomic E-state index is 0.0936. The van der Waals surface area contributed by atoms with E-state index in [9.17, 15) is 13.2 Å². The fourth-order valence-electron chi connectivity index (χ4n) is 2.81. The van der Waals surface area contributed by atoms with Crippen LogP contribution in [0.1, 0.15) is 37.6 Å². The Bertz CT molecular complexity index is 883. The van der Waals surface area contributed by atoms with Gasteiger partial charge in [-0.15, -0.1) is 0 Å². The summed E-state index contributed by atoms with van der Waals surface area (Å²) in [6.07, 6.45) is 0.702. The van der Waals surface area contributed by atoms with E-state index >= 15 is 0 Å². The molecule has 2 aromatic carbocycles. The average Bonchev–Trinajstić information content (AvgIpc) is 2.71. The first-order valence-electron chi connectivity index (χ1n) is 9.90. The monoisotopic (exact) mass is 418 g/mol. The van der Waals surface area contributed by atoms with Crippen molar-refractivity contribution >= 4 is 21.6 Å². The van der Waals surface area contributed by atoms with E-state index in [-0.39, 0.29) is 10.8 Å². The molecule has 0 aliphatic carbocycles. The molecule has 2 rings (SSSR count). The van der Waals surface area contributed by atoms with Gasteiger partial charge in [0.1, 0.15) is 0 Å². The number of hydrogen-bond donors (Lipinski definition) is 1. The summed E-state index contributed by atoms with van der Waals surface area (Å²) in [6.45, 7) is 7.99. The van der Waals surface area contributed by atoms with Crippen LogP contribution in [0.4, 0.5) is 5.69 Å². The van der Waals surface area contributed by atoms with Crippen molar-refractivity contribution in [2.24, 2.45) is 5.92 Å². The van der Waals surface area contributed by atoms with Crippen molar-refractivity contribution in [2.45, 2.75) is 32.1 Å². The number of sulfonamides is 1. The largest absolute Gasteiger partial charge is 0.381 e. The fourth-order valence-corrected chi connectivity index (χ4v) is 4.33. The third-order valence-electron chi connectivity index (χ3n) is 4.22. The zero-order valence-corrected chi connectivity index (χ0v) is 18.1. The van der Waals surface area contributed by atoms with Gasteiger partial charge in [-0.3, -0.25) is 9.10 Å².